The summed E-state index contributed by atoms with van der Waals surface area (Å²) >= 11 is 0. The van der Waals surface area contributed by atoms with E-state index in [9.17, 15) is 0 Å². The van der Waals surface area contributed by atoms with Gasteiger partial charge < -0.3 is 9.47 Å². The van der Waals surface area contributed by atoms with Gasteiger partial charge in [-0.3, -0.25) is 4.98 Å². The molecule has 0 bridgehead atoms. The van der Waals surface area contributed by atoms with Crippen molar-refractivity contribution in [2.45, 2.75) is 0 Å². The maximum absolute atomic E-state index is 5.67. The maximum Gasteiger partial charge on any atom is 0.128 e. The van der Waals surface area contributed by atoms with Crippen LogP contribution in [0.5, 0.6) is 11.5 Å². The van der Waals surface area contributed by atoms with Crippen LogP contribution in [0.4, 0.5) is 0 Å². The van der Waals surface area contributed by atoms with Gasteiger partial charge in [0.15, 0.2) is 0 Å². The van der Waals surface area contributed by atoms with Gasteiger partial charge in [-0.1, -0.05) is 48.5 Å². The zero-order valence-electron chi connectivity index (χ0n) is 14.8. The molecule has 0 amide bonds. The molecule has 0 saturated heterocycles. The van der Waals surface area contributed by atoms with Crippen molar-refractivity contribution in [3.63, 3.8) is 0 Å². The van der Waals surface area contributed by atoms with E-state index >= 15 is 0 Å². The zero-order valence-corrected chi connectivity index (χ0v) is 14.8. The molecule has 26 heavy (non-hydrogen) atoms. The summed E-state index contributed by atoms with van der Waals surface area (Å²) in [7, 11) is 3.34. The van der Waals surface area contributed by atoms with E-state index in [2.05, 4.69) is 65.6 Å². The lowest BCUT2D eigenvalue weighted by atomic mass is 9.96. The number of hydrogen-bond donors (Lipinski definition) is 0. The van der Waals surface area contributed by atoms with Gasteiger partial charge in [-0.05, 0) is 40.1 Å². The summed E-state index contributed by atoms with van der Waals surface area (Å²) in [4.78, 5) is 4.46. The van der Waals surface area contributed by atoms with E-state index in [1.54, 1.807) is 20.4 Å². The van der Waals surface area contributed by atoms with Crippen molar-refractivity contribution in [3.05, 3.63) is 79.0 Å². The van der Waals surface area contributed by atoms with Gasteiger partial charge in [-0.25, -0.2) is 0 Å². The normalized spacial score (nSPS) is 10.7. The van der Waals surface area contributed by atoms with Crippen LogP contribution in [-0.2, 0) is 0 Å². The number of hydrogen-bond acceptors (Lipinski definition) is 3. The zero-order chi connectivity index (χ0) is 17.9. The number of pyridine rings is 1. The molecule has 1 aromatic heterocycles. The van der Waals surface area contributed by atoms with E-state index in [4.69, 9.17) is 9.47 Å². The number of ether oxygens (including phenoxy) is 2. The fraction of sp³-hybridized carbons (Fsp3) is 0.0870. The third-order valence-corrected chi connectivity index (χ3v) is 4.55. The molecular weight excluding hydrogens is 322 g/mol. The van der Waals surface area contributed by atoms with Crippen molar-refractivity contribution < 1.29 is 9.47 Å². The van der Waals surface area contributed by atoms with Gasteiger partial charge >= 0.3 is 0 Å². The summed E-state index contributed by atoms with van der Waals surface area (Å²) in [5.74, 6) is 1.56. The van der Waals surface area contributed by atoms with Gasteiger partial charge in [0.2, 0.25) is 0 Å². The van der Waals surface area contributed by atoms with Gasteiger partial charge in [0.1, 0.15) is 11.5 Å². The molecule has 0 aliphatic carbocycles. The number of benzene rings is 3. The van der Waals surface area contributed by atoms with Gasteiger partial charge in [0, 0.05) is 17.8 Å². The number of methoxy groups -OCH3 is 2. The fourth-order valence-electron chi connectivity index (χ4n) is 3.23. The summed E-state index contributed by atoms with van der Waals surface area (Å²) in [6.07, 6.45) is 1.74. The molecule has 0 unspecified atom stereocenters. The Labute approximate surface area is 152 Å². The van der Waals surface area contributed by atoms with Gasteiger partial charge in [-0.2, -0.15) is 0 Å². The molecular formula is C23H19NO2. The van der Waals surface area contributed by atoms with Crippen molar-refractivity contribution in [2.75, 3.05) is 14.2 Å². The van der Waals surface area contributed by atoms with E-state index in [1.807, 2.05) is 12.1 Å². The summed E-state index contributed by atoms with van der Waals surface area (Å²) in [5, 5.41) is 2.45. The highest BCUT2D eigenvalue weighted by Gasteiger charge is 2.11. The first-order chi connectivity index (χ1) is 12.8. The second-order valence-electron chi connectivity index (χ2n) is 6.02. The lowest BCUT2D eigenvalue weighted by Gasteiger charge is -2.13. The van der Waals surface area contributed by atoms with Crippen molar-refractivity contribution in [1.82, 2.24) is 4.98 Å². The van der Waals surface area contributed by atoms with E-state index in [0.717, 1.165) is 28.3 Å². The molecule has 0 aliphatic rings. The van der Waals surface area contributed by atoms with Gasteiger partial charge in [0.05, 0.1) is 19.9 Å². The molecule has 128 valence electrons. The van der Waals surface area contributed by atoms with E-state index in [0.29, 0.717) is 0 Å². The molecule has 3 heteroatoms. The van der Waals surface area contributed by atoms with Crippen LogP contribution in [0.3, 0.4) is 0 Å². The largest absolute Gasteiger partial charge is 0.497 e. The van der Waals surface area contributed by atoms with Crippen molar-refractivity contribution in [1.29, 1.82) is 0 Å². The Balaban J connectivity index is 1.85. The minimum atomic E-state index is 0.773. The van der Waals surface area contributed by atoms with E-state index in [-0.39, 0.29) is 0 Å². The summed E-state index contributed by atoms with van der Waals surface area (Å²) in [6.45, 7) is 0. The Morgan fingerprint density at radius 3 is 2.42 bits per heavy atom. The second-order valence-corrected chi connectivity index (χ2v) is 6.02. The molecule has 0 radical (unpaired) electrons. The van der Waals surface area contributed by atoms with Crippen LogP contribution < -0.4 is 9.47 Å². The first kappa shape index (κ1) is 16.2. The van der Waals surface area contributed by atoms with Crippen LogP contribution >= 0.6 is 0 Å². The Hall–Kier alpha value is -3.33. The average Bonchev–Trinajstić information content (AvgIpc) is 2.73. The van der Waals surface area contributed by atoms with Crippen molar-refractivity contribution in [2.24, 2.45) is 0 Å². The quantitative estimate of drug-likeness (QED) is 0.485. The molecule has 3 nitrogen and oxygen atoms in total. The number of nitrogens with zero attached hydrogens (tertiary/aromatic N) is 1. The third-order valence-electron chi connectivity index (χ3n) is 4.55. The van der Waals surface area contributed by atoms with Crippen LogP contribution in [0.25, 0.3) is 33.2 Å². The number of fused-ring (bicyclic) bond motifs is 1. The minimum Gasteiger partial charge on any atom is -0.497 e. The molecule has 1 heterocycles. The van der Waals surface area contributed by atoms with Gasteiger partial charge in [0.25, 0.3) is 0 Å². The summed E-state index contributed by atoms with van der Waals surface area (Å²) in [5.41, 5.74) is 4.07. The highest BCUT2D eigenvalue weighted by Crippen LogP contribution is 2.36. The molecule has 0 fully saturated rings. The third kappa shape index (κ3) is 2.88. The predicted octanol–water partition coefficient (Wildman–Crippen LogP) is 5.59. The molecule has 0 N–H and O–H groups in total. The van der Waals surface area contributed by atoms with Gasteiger partial charge in [-0.15, -0.1) is 0 Å². The molecule has 0 saturated carbocycles. The molecule has 3 aromatic carbocycles. The fourth-order valence-corrected chi connectivity index (χ4v) is 3.23. The number of aromatic nitrogens is 1. The minimum absolute atomic E-state index is 0.773. The van der Waals surface area contributed by atoms with E-state index < -0.39 is 0 Å². The first-order valence-corrected chi connectivity index (χ1v) is 8.47. The van der Waals surface area contributed by atoms with Crippen LogP contribution in [0.1, 0.15) is 0 Å². The van der Waals surface area contributed by atoms with Crippen LogP contribution in [0.15, 0.2) is 79.0 Å². The predicted molar refractivity (Wildman–Crippen MR) is 106 cm³/mol. The topological polar surface area (TPSA) is 31.4 Å². The molecule has 0 atom stereocenters. The highest BCUT2D eigenvalue weighted by atomic mass is 16.5. The Morgan fingerprint density at radius 2 is 1.58 bits per heavy atom. The molecule has 0 aliphatic heterocycles. The molecule has 4 aromatic rings. The average molecular weight is 341 g/mol. The Bertz CT molecular complexity index is 1070. The monoisotopic (exact) mass is 341 g/mol. The SMILES string of the molecule is COc1ccnc(-c2ccc(-c3cccc4ccccc34)cc2OC)c1. The summed E-state index contributed by atoms with van der Waals surface area (Å²) < 4.78 is 11.0. The van der Waals surface area contributed by atoms with Crippen LogP contribution in [0.2, 0.25) is 0 Å². The molecule has 0 spiro atoms. The smallest absolute Gasteiger partial charge is 0.128 e. The lowest BCUT2D eigenvalue weighted by Crippen LogP contribution is -1.92. The van der Waals surface area contributed by atoms with Crippen LogP contribution in [0, 0.1) is 0 Å². The Morgan fingerprint density at radius 1 is 0.731 bits per heavy atom. The second kappa shape index (κ2) is 6.89. The lowest BCUT2D eigenvalue weighted by molar-refractivity contribution is 0.413. The van der Waals surface area contributed by atoms with E-state index in [1.165, 1.54) is 16.3 Å². The van der Waals surface area contributed by atoms with Crippen molar-refractivity contribution >= 4 is 10.8 Å². The van der Waals surface area contributed by atoms with Crippen LogP contribution in [-0.4, -0.2) is 19.2 Å². The Kier molecular flexibility index (Phi) is 4.28. The molecule has 4 rings (SSSR count). The summed E-state index contributed by atoms with van der Waals surface area (Å²) in [6, 6.07) is 24.7. The first-order valence-electron chi connectivity index (χ1n) is 8.47. The highest BCUT2D eigenvalue weighted by molar-refractivity contribution is 5.97. The number of rotatable bonds is 4. The maximum atomic E-state index is 5.67. The van der Waals surface area contributed by atoms with Crippen molar-refractivity contribution in [3.8, 4) is 33.9 Å². The standard InChI is InChI=1S/C23H19NO2/c1-25-18-12-13-24-22(15-18)21-11-10-17(14-23(21)26-2)20-9-5-7-16-6-3-4-8-19(16)20/h3-15H,1-2H3.